The number of nitro groups is 1. The third-order valence-corrected chi connectivity index (χ3v) is 3.89. The Kier molecular flexibility index (Phi) is 9.44. The number of hydrogen-bond donors (Lipinski definition) is 0. The molecule has 3 heteroatoms. The van der Waals surface area contributed by atoms with E-state index in [2.05, 4.69) is 57.2 Å². The molecule has 0 saturated heterocycles. The highest BCUT2D eigenvalue weighted by Crippen LogP contribution is 2.13. The molecule has 0 aromatic heterocycles. The maximum atomic E-state index is 10.2. The molecule has 0 aliphatic rings. The van der Waals surface area contributed by atoms with Gasteiger partial charge in [-0.05, 0) is 70.9 Å². The van der Waals surface area contributed by atoms with Crippen LogP contribution >= 0.6 is 0 Å². The summed E-state index contributed by atoms with van der Waals surface area (Å²) in [5, 5.41) is 10.2. The summed E-state index contributed by atoms with van der Waals surface area (Å²) in [6.45, 7) is 6.47. The van der Waals surface area contributed by atoms with E-state index < -0.39 is 4.92 Å². The molecule has 130 valence electrons. The summed E-state index contributed by atoms with van der Waals surface area (Å²) in [6, 6.07) is 8.68. The van der Waals surface area contributed by atoms with Gasteiger partial charge >= 0.3 is 0 Å². The molecule has 0 saturated carbocycles. The van der Waals surface area contributed by atoms with E-state index in [1.54, 1.807) is 6.08 Å². The first kappa shape index (κ1) is 19.9. The number of benzene rings is 1. The SMILES string of the molecule is C/C(=C\CC/C=C/[N+](=O)[O-])CCC/C=C(\C)Cc1cccc(C)c1. The van der Waals surface area contributed by atoms with Gasteiger partial charge in [-0.3, -0.25) is 10.1 Å². The van der Waals surface area contributed by atoms with Crippen LogP contribution in [0.5, 0.6) is 0 Å². The molecular formula is C21H29NO2. The van der Waals surface area contributed by atoms with E-state index in [1.165, 1.54) is 22.3 Å². The zero-order valence-electron chi connectivity index (χ0n) is 15.1. The van der Waals surface area contributed by atoms with Crippen LogP contribution in [0.15, 0.2) is 59.8 Å². The first-order valence-electron chi connectivity index (χ1n) is 8.64. The van der Waals surface area contributed by atoms with Crippen molar-refractivity contribution >= 4 is 0 Å². The minimum absolute atomic E-state index is 0.415. The maximum absolute atomic E-state index is 10.2. The van der Waals surface area contributed by atoms with Crippen LogP contribution in [0.2, 0.25) is 0 Å². The Balaban J connectivity index is 2.24. The number of aryl methyl sites for hydroxylation is 1. The van der Waals surface area contributed by atoms with Gasteiger partial charge in [0.05, 0.1) is 4.92 Å². The fraction of sp³-hybridized carbons (Fsp3) is 0.429. The van der Waals surface area contributed by atoms with Gasteiger partial charge in [0.2, 0.25) is 6.20 Å². The maximum Gasteiger partial charge on any atom is 0.230 e. The van der Waals surface area contributed by atoms with Crippen molar-refractivity contribution in [1.29, 1.82) is 0 Å². The summed E-state index contributed by atoms with van der Waals surface area (Å²) in [7, 11) is 0. The van der Waals surface area contributed by atoms with Crippen molar-refractivity contribution < 1.29 is 4.92 Å². The van der Waals surface area contributed by atoms with Gasteiger partial charge in [0.1, 0.15) is 0 Å². The second kappa shape index (κ2) is 11.4. The minimum atomic E-state index is -0.415. The van der Waals surface area contributed by atoms with Crippen LogP contribution in [0, 0.1) is 17.0 Å². The molecule has 0 radical (unpaired) electrons. The van der Waals surface area contributed by atoms with Gasteiger partial charge in [-0.1, -0.05) is 53.1 Å². The Morgan fingerprint density at radius 1 is 1.12 bits per heavy atom. The van der Waals surface area contributed by atoms with Crippen LogP contribution in [0.1, 0.15) is 57.1 Å². The minimum Gasteiger partial charge on any atom is -0.259 e. The lowest BCUT2D eigenvalue weighted by Crippen LogP contribution is -1.88. The van der Waals surface area contributed by atoms with E-state index in [1.807, 2.05) is 0 Å². The molecule has 0 N–H and O–H groups in total. The molecule has 0 spiro atoms. The van der Waals surface area contributed by atoms with E-state index in [0.717, 1.165) is 44.7 Å². The largest absolute Gasteiger partial charge is 0.259 e. The summed E-state index contributed by atoms with van der Waals surface area (Å²) in [5.41, 5.74) is 5.48. The Morgan fingerprint density at radius 3 is 2.58 bits per heavy atom. The standard InChI is InChI=1S/C21H29NO2/c1-18(10-5-4-8-15-22(23)24)11-6-7-12-19(2)16-21-14-9-13-20(3)17-21/h8-10,12-15,17H,4-7,11,16H2,1-3H3/b15-8+,18-10+,19-12+. The summed E-state index contributed by atoms with van der Waals surface area (Å²) in [6.07, 6.45) is 13.1. The van der Waals surface area contributed by atoms with Crippen molar-refractivity contribution in [1.82, 2.24) is 0 Å². The zero-order chi connectivity index (χ0) is 17.8. The Hall–Kier alpha value is -2.16. The Morgan fingerprint density at radius 2 is 1.88 bits per heavy atom. The van der Waals surface area contributed by atoms with Crippen LogP contribution < -0.4 is 0 Å². The first-order valence-corrected chi connectivity index (χ1v) is 8.64. The summed E-state index contributed by atoms with van der Waals surface area (Å²) < 4.78 is 0. The van der Waals surface area contributed by atoms with Crippen molar-refractivity contribution in [2.24, 2.45) is 0 Å². The van der Waals surface area contributed by atoms with Crippen molar-refractivity contribution in [2.45, 2.75) is 59.3 Å². The Bertz CT molecular complexity index is 612. The van der Waals surface area contributed by atoms with E-state index in [0.29, 0.717) is 0 Å². The first-order chi connectivity index (χ1) is 11.5. The van der Waals surface area contributed by atoms with Crippen LogP contribution in [-0.2, 0) is 6.42 Å². The second-order valence-corrected chi connectivity index (χ2v) is 6.41. The monoisotopic (exact) mass is 327 g/mol. The third kappa shape index (κ3) is 9.78. The molecule has 0 heterocycles. The number of rotatable bonds is 10. The molecule has 0 aliphatic heterocycles. The van der Waals surface area contributed by atoms with Gasteiger partial charge in [-0.2, -0.15) is 0 Å². The molecule has 0 amide bonds. The average molecular weight is 327 g/mol. The third-order valence-electron chi connectivity index (χ3n) is 3.89. The second-order valence-electron chi connectivity index (χ2n) is 6.41. The molecule has 0 bridgehead atoms. The number of unbranched alkanes of at least 4 members (excludes halogenated alkanes) is 2. The van der Waals surface area contributed by atoms with Gasteiger partial charge < -0.3 is 0 Å². The lowest BCUT2D eigenvalue weighted by Gasteiger charge is -2.04. The predicted octanol–water partition coefficient (Wildman–Crippen LogP) is 6.17. The summed E-state index contributed by atoms with van der Waals surface area (Å²) in [4.78, 5) is 9.74. The van der Waals surface area contributed by atoms with Gasteiger partial charge in [-0.15, -0.1) is 0 Å². The fourth-order valence-corrected chi connectivity index (χ4v) is 2.63. The number of allylic oxidation sites excluding steroid dienone is 5. The molecule has 0 fully saturated rings. The lowest BCUT2D eigenvalue weighted by molar-refractivity contribution is -0.402. The molecule has 1 aromatic carbocycles. The molecule has 0 aliphatic carbocycles. The van der Waals surface area contributed by atoms with Crippen LogP contribution in [0.4, 0.5) is 0 Å². The van der Waals surface area contributed by atoms with E-state index >= 15 is 0 Å². The molecular weight excluding hydrogens is 298 g/mol. The number of hydrogen-bond acceptors (Lipinski definition) is 2. The topological polar surface area (TPSA) is 43.1 Å². The zero-order valence-corrected chi connectivity index (χ0v) is 15.1. The van der Waals surface area contributed by atoms with Gasteiger partial charge in [-0.25, -0.2) is 0 Å². The van der Waals surface area contributed by atoms with Crippen molar-refractivity contribution in [3.05, 3.63) is 81.1 Å². The molecule has 3 nitrogen and oxygen atoms in total. The van der Waals surface area contributed by atoms with Crippen LogP contribution in [-0.4, -0.2) is 4.92 Å². The molecule has 1 rings (SSSR count). The van der Waals surface area contributed by atoms with Gasteiger partial charge in [0.25, 0.3) is 0 Å². The van der Waals surface area contributed by atoms with Gasteiger partial charge in [0.15, 0.2) is 0 Å². The van der Waals surface area contributed by atoms with Crippen molar-refractivity contribution in [2.75, 3.05) is 0 Å². The van der Waals surface area contributed by atoms with Crippen LogP contribution in [0.25, 0.3) is 0 Å². The number of nitrogens with zero attached hydrogens (tertiary/aromatic N) is 1. The van der Waals surface area contributed by atoms with Crippen molar-refractivity contribution in [3.8, 4) is 0 Å². The van der Waals surface area contributed by atoms with E-state index in [4.69, 9.17) is 0 Å². The highest BCUT2D eigenvalue weighted by atomic mass is 16.6. The molecule has 0 unspecified atom stereocenters. The van der Waals surface area contributed by atoms with E-state index in [-0.39, 0.29) is 0 Å². The van der Waals surface area contributed by atoms with Gasteiger partial charge in [0, 0.05) is 0 Å². The summed E-state index contributed by atoms with van der Waals surface area (Å²) >= 11 is 0. The van der Waals surface area contributed by atoms with Crippen molar-refractivity contribution in [3.63, 3.8) is 0 Å². The predicted molar refractivity (Wildman–Crippen MR) is 102 cm³/mol. The normalized spacial score (nSPS) is 12.8. The smallest absolute Gasteiger partial charge is 0.230 e. The van der Waals surface area contributed by atoms with E-state index in [9.17, 15) is 10.1 Å². The fourth-order valence-electron chi connectivity index (χ4n) is 2.63. The lowest BCUT2D eigenvalue weighted by atomic mass is 10.0. The van der Waals surface area contributed by atoms with Crippen LogP contribution in [0.3, 0.4) is 0 Å². The molecule has 0 atom stereocenters. The Labute approximate surface area is 145 Å². The molecule has 24 heavy (non-hydrogen) atoms. The molecule has 1 aromatic rings. The average Bonchev–Trinajstić information content (AvgIpc) is 2.51. The highest BCUT2D eigenvalue weighted by Gasteiger charge is 1.96. The summed E-state index contributed by atoms with van der Waals surface area (Å²) in [5.74, 6) is 0. The highest BCUT2D eigenvalue weighted by molar-refractivity contribution is 5.26. The quantitative estimate of drug-likeness (QED) is 0.223.